The van der Waals surface area contributed by atoms with E-state index in [-0.39, 0.29) is 0 Å². The molecule has 0 aromatic rings. The van der Waals surface area contributed by atoms with Crippen LogP contribution in [-0.4, -0.2) is 12.6 Å². The molecule has 0 aromatic heterocycles. The van der Waals surface area contributed by atoms with Gasteiger partial charge in [-0.15, -0.1) is 0 Å². The largest absolute Gasteiger partial charge is 0.313 e. The summed E-state index contributed by atoms with van der Waals surface area (Å²) in [5.41, 5.74) is 0.465. The Labute approximate surface area is 96.0 Å². The molecule has 1 rings (SSSR count). The zero-order chi connectivity index (χ0) is 11.5. The maximum absolute atomic E-state index is 3.76. The Morgan fingerprint density at radius 2 is 1.80 bits per heavy atom. The molecular weight excluding hydrogens is 182 g/mol. The van der Waals surface area contributed by atoms with Gasteiger partial charge in [-0.25, -0.2) is 0 Å². The molecule has 1 aliphatic rings. The van der Waals surface area contributed by atoms with Gasteiger partial charge in [-0.05, 0) is 42.9 Å². The van der Waals surface area contributed by atoms with Crippen LogP contribution in [0.3, 0.4) is 0 Å². The van der Waals surface area contributed by atoms with E-state index in [4.69, 9.17) is 0 Å². The molecule has 1 heteroatoms. The third-order valence-corrected chi connectivity index (χ3v) is 4.42. The van der Waals surface area contributed by atoms with Crippen LogP contribution in [0.15, 0.2) is 0 Å². The molecule has 3 unspecified atom stereocenters. The third kappa shape index (κ3) is 4.14. The summed E-state index contributed by atoms with van der Waals surface area (Å²) in [6.45, 7) is 13.0. The number of nitrogens with one attached hydrogen (secondary N) is 1. The van der Waals surface area contributed by atoms with Crippen LogP contribution in [0.5, 0.6) is 0 Å². The summed E-state index contributed by atoms with van der Waals surface area (Å²) in [5.74, 6) is 1.84. The lowest BCUT2D eigenvalue weighted by atomic mass is 9.78. The van der Waals surface area contributed by atoms with Crippen LogP contribution in [0.2, 0.25) is 0 Å². The van der Waals surface area contributed by atoms with Crippen LogP contribution in [0.4, 0.5) is 0 Å². The number of rotatable bonds is 4. The highest BCUT2D eigenvalue weighted by molar-refractivity contribution is 4.81. The zero-order valence-corrected chi connectivity index (χ0v) is 11.3. The molecule has 0 amide bonds. The van der Waals surface area contributed by atoms with Crippen LogP contribution in [0, 0.1) is 17.3 Å². The maximum Gasteiger partial charge on any atom is 0.00700 e. The van der Waals surface area contributed by atoms with Crippen molar-refractivity contribution in [3.8, 4) is 0 Å². The molecule has 15 heavy (non-hydrogen) atoms. The minimum Gasteiger partial charge on any atom is -0.313 e. The molecule has 1 nitrogen and oxygen atoms in total. The van der Waals surface area contributed by atoms with Gasteiger partial charge in [0.05, 0.1) is 0 Å². The molecule has 0 aromatic carbocycles. The number of hydrogen-bond donors (Lipinski definition) is 1. The first-order valence-electron chi connectivity index (χ1n) is 6.68. The Bertz CT molecular complexity index is 186. The lowest BCUT2D eigenvalue weighted by Gasteiger charge is -2.35. The van der Waals surface area contributed by atoms with Gasteiger partial charge in [-0.1, -0.05) is 34.6 Å². The minimum atomic E-state index is 0.465. The van der Waals surface area contributed by atoms with Gasteiger partial charge in [0.25, 0.3) is 0 Å². The highest BCUT2D eigenvalue weighted by atomic mass is 14.9. The van der Waals surface area contributed by atoms with Crippen molar-refractivity contribution >= 4 is 0 Å². The Morgan fingerprint density at radius 1 is 1.13 bits per heavy atom. The average molecular weight is 211 g/mol. The lowest BCUT2D eigenvalue weighted by molar-refractivity contribution is 0.206. The summed E-state index contributed by atoms with van der Waals surface area (Å²) in [6.07, 6.45) is 5.43. The van der Waals surface area contributed by atoms with E-state index in [9.17, 15) is 0 Å². The second-order valence-corrected chi connectivity index (χ2v) is 6.36. The molecule has 0 aliphatic heterocycles. The van der Waals surface area contributed by atoms with E-state index in [1.165, 1.54) is 32.2 Å². The fourth-order valence-electron chi connectivity index (χ4n) is 2.28. The Balaban J connectivity index is 2.28. The fraction of sp³-hybridized carbons (Fsp3) is 1.00. The van der Waals surface area contributed by atoms with Crippen molar-refractivity contribution in [2.24, 2.45) is 17.3 Å². The van der Waals surface area contributed by atoms with E-state index in [1.807, 2.05) is 0 Å². The second kappa shape index (κ2) is 5.34. The van der Waals surface area contributed by atoms with Crippen LogP contribution in [0.1, 0.15) is 60.3 Å². The van der Waals surface area contributed by atoms with Gasteiger partial charge in [-0.2, -0.15) is 0 Å². The molecule has 0 bridgehead atoms. The van der Waals surface area contributed by atoms with Crippen LogP contribution >= 0.6 is 0 Å². The van der Waals surface area contributed by atoms with Gasteiger partial charge in [0, 0.05) is 12.6 Å². The first kappa shape index (κ1) is 13.0. The summed E-state index contributed by atoms with van der Waals surface area (Å²) in [5, 5.41) is 3.76. The first-order chi connectivity index (χ1) is 6.94. The average Bonchev–Trinajstić information content (AvgIpc) is 2.20. The SMILES string of the molecule is CCC(C)(C)CNC1CCC(C)C(C)C1. The van der Waals surface area contributed by atoms with Crippen molar-refractivity contribution in [2.45, 2.75) is 66.3 Å². The van der Waals surface area contributed by atoms with E-state index in [2.05, 4.69) is 39.9 Å². The lowest BCUT2D eigenvalue weighted by Crippen LogP contribution is -2.40. The molecule has 0 radical (unpaired) electrons. The molecule has 0 saturated heterocycles. The predicted molar refractivity (Wildman–Crippen MR) is 68.0 cm³/mol. The molecule has 1 aliphatic carbocycles. The van der Waals surface area contributed by atoms with E-state index in [0.717, 1.165) is 17.9 Å². The van der Waals surface area contributed by atoms with Gasteiger partial charge in [0.2, 0.25) is 0 Å². The van der Waals surface area contributed by atoms with Crippen molar-refractivity contribution in [3.05, 3.63) is 0 Å². The van der Waals surface area contributed by atoms with Crippen molar-refractivity contribution < 1.29 is 0 Å². The molecule has 1 N–H and O–H groups in total. The van der Waals surface area contributed by atoms with E-state index >= 15 is 0 Å². The first-order valence-corrected chi connectivity index (χ1v) is 6.68. The highest BCUT2D eigenvalue weighted by Gasteiger charge is 2.25. The Kier molecular flexibility index (Phi) is 4.64. The van der Waals surface area contributed by atoms with E-state index in [1.54, 1.807) is 0 Å². The van der Waals surface area contributed by atoms with Gasteiger partial charge in [0.15, 0.2) is 0 Å². The van der Waals surface area contributed by atoms with Crippen LogP contribution in [-0.2, 0) is 0 Å². The topological polar surface area (TPSA) is 12.0 Å². The summed E-state index contributed by atoms with van der Waals surface area (Å²) in [4.78, 5) is 0. The molecule has 0 spiro atoms. The van der Waals surface area contributed by atoms with Crippen LogP contribution < -0.4 is 5.32 Å². The predicted octanol–water partition coefficient (Wildman–Crippen LogP) is 3.84. The monoisotopic (exact) mass is 211 g/mol. The van der Waals surface area contributed by atoms with Crippen LogP contribution in [0.25, 0.3) is 0 Å². The molecule has 0 heterocycles. The highest BCUT2D eigenvalue weighted by Crippen LogP contribution is 2.30. The second-order valence-electron chi connectivity index (χ2n) is 6.36. The van der Waals surface area contributed by atoms with Crippen molar-refractivity contribution in [1.29, 1.82) is 0 Å². The number of hydrogen-bond acceptors (Lipinski definition) is 1. The van der Waals surface area contributed by atoms with Gasteiger partial charge < -0.3 is 5.32 Å². The summed E-state index contributed by atoms with van der Waals surface area (Å²) >= 11 is 0. The standard InChI is InChI=1S/C14H29N/c1-6-14(4,5)10-15-13-8-7-11(2)12(3)9-13/h11-13,15H,6-10H2,1-5H3. The molecule has 1 fully saturated rings. The summed E-state index contributed by atoms with van der Waals surface area (Å²) < 4.78 is 0. The zero-order valence-electron chi connectivity index (χ0n) is 11.3. The Morgan fingerprint density at radius 3 is 2.33 bits per heavy atom. The quantitative estimate of drug-likeness (QED) is 0.745. The summed E-state index contributed by atoms with van der Waals surface area (Å²) in [6, 6.07) is 0.780. The normalized spacial score (nSPS) is 33.0. The minimum absolute atomic E-state index is 0.465. The smallest absolute Gasteiger partial charge is 0.00700 e. The van der Waals surface area contributed by atoms with Gasteiger partial charge in [-0.3, -0.25) is 0 Å². The molecule has 1 saturated carbocycles. The maximum atomic E-state index is 3.76. The van der Waals surface area contributed by atoms with E-state index in [0.29, 0.717) is 5.41 Å². The van der Waals surface area contributed by atoms with E-state index < -0.39 is 0 Å². The molecule has 90 valence electrons. The molecule has 3 atom stereocenters. The fourth-order valence-corrected chi connectivity index (χ4v) is 2.28. The van der Waals surface area contributed by atoms with Crippen molar-refractivity contribution in [3.63, 3.8) is 0 Å². The van der Waals surface area contributed by atoms with Crippen molar-refractivity contribution in [2.75, 3.05) is 6.54 Å². The molecular formula is C14H29N. The van der Waals surface area contributed by atoms with Gasteiger partial charge in [0.1, 0.15) is 0 Å². The van der Waals surface area contributed by atoms with Gasteiger partial charge >= 0.3 is 0 Å². The summed E-state index contributed by atoms with van der Waals surface area (Å²) in [7, 11) is 0. The Hall–Kier alpha value is -0.0400. The third-order valence-electron chi connectivity index (χ3n) is 4.42. The van der Waals surface area contributed by atoms with Crippen molar-refractivity contribution in [1.82, 2.24) is 5.32 Å².